The number of amides is 1. The van der Waals surface area contributed by atoms with Gasteiger partial charge >= 0.3 is 0 Å². The number of carbonyl (C=O) groups excluding carboxylic acids is 1. The molecule has 0 aromatic heterocycles. The zero-order chi connectivity index (χ0) is 14.8. The van der Waals surface area contributed by atoms with Gasteiger partial charge in [-0.15, -0.1) is 12.4 Å². The predicted octanol–water partition coefficient (Wildman–Crippen LogP) is 2.74. The molecule has 0 aliphatic carbocycles. The van der Waals surface area contributed by atoms with Crippen molar-refractivity contribution in [2.45, 2.75) is 31.3 Å². The first-order valence-corrected chi connectivity index (χ1v) is 8.03. The fourth-order valence-corrected chi connectivity index (χ4v) is 3.33. The Morgan fingerprint density at radius 2 is 2.14 bits per heavy atom. The highest BCUT2D eigenvalue weighted by atomic mass is 79.9. The Balaban J connectivity index is 0.00000176. The van der Waals surface area contributed by atoms with Gasteiger partial charge in [0, 0.05) is 29.6 Å². The van der Waals surface area contributed by atoms with E-state index in [-0.39, 0.29) is 30.7 Å². The smallest absolute Gasteiger partial charge is 0.260 e. The van der Waals surface area contributed by atoms with E-state index >= 15 is 0 Å². The lowest BCUT2D eigenvalue weighted by Gasteiger charge is -2.24. The Bertz CT molecular complexity index is 546. The van der Waals surface area contributed by atoms with E-state index in [9.17, 15) is 9.18 Å². The molecular weight excluding hydrogens is 375 g/mol. The summed E-state index contributed by atoms with van der Waals surface area (Å²) >= 11 is 3.19. The van der Waals surface area contributed by atoms with Crippen LogP contribution in [0, 0.1) is 5.82 Å². The van der Waals surface area contributed by atoms with E-state index < -0.39 is 5.82 Å². The summed E-state index contributed by atoms with van der Waals surface area (Å²) in [5.41, 5.74) is 0. The lowest BCUT2D eigenvalue weighted by molar-refractivity contribution is -0.133. The molecule has 2 fully saturated rings. The van der Waals surface area contributed by atoms with Crippen LogP contribution >= 0.6 is 28.3 Å². The highest BCUT2D eigenvalue weighted by molar-refractivity contribution is 9.10. The van der Waals surface area contributed by atoms with Gasteiger partial charge in [0.05, 0.1) is 0 Å². The summed E-state index contributed by atoms with van der Waals surface area (Å²) in [4.78, 5) is 14.0. The van der Waals surface area contributed by atoms with E-state index in [4.69, 9.17) is 4.74 Å². The predicted molar refractivity (Wildman–Crippen MR) is 88.0 cm³/mol. The van der Waals surface area contributed by atoms with E-state index in [2.05, 4.69) is 21.2 Å². The monoisotopic (exact) mass is 392 g/mol. The SMILES string of the molecule is Cl.O=C(COc1ccc(Br)cc1F)N1CCC2CCC(C1)N2. The molecule has 2 unspecified atom stereocenters. The maximum absolute atomic E-state index is 13.6. The Morgan fingerprint density at radius 1 is 1.36 bits per heavy atom. The summed E-state index contributed by atoms with van der Waals surface area (Å²) in [6.07, 6.45) is 3.30. The molecule has 2 heterocycles. The van der Waals surface area contributed by atoms with Crippen LogP contribution in [0.5, 0.6) is 5.75 Å². The molecule has 2 bridgehead atoms. The maximum Gasteiger partial charge on any atom is 0.260 e. The largest absolute Gasteiger partial charge is 0.481 e. The summed E-state index contributed by atoms with van der Waals surface area (Å²) in [5, 5.41) is 3.53. The van der Waals surface area contributed by atoms with E-state index in [0.29, 0.717) is 16.6 Å². The van der Waals surface area contributed by atoms with E-state index in [1.165, 1.54) is 18.6 Å². The van der Waals surface area contributed by atoms with Gasteiger partial charge in [-0.2, -0.15) is 0 Å². The lowest BCUT2D eigenvalue weighted by atomic mass is 10.1. The van der Waals surface area contributed by atoms with Gasteiger partial charge in [0.2, 0.25) is 0 Å². The first kappa shape index (κ1) is 17.5. The van der Waals surface area contributed by atoms with Gasteiger partial charge in [-0.05, 0) is 37.5 Å². The van der Waals surface area contributed by atoms with Crippen molar-refractivity contribution >= 4 is 34.2 Å². The number of likely N-dealkylation sites (tertiary alicyclic amines) is 1. The lowest BCUT2D eigenvalue weighted by Crippen LogP contribution is -2.41. The summed E-state index contributed by atoms with van der Waals surface area (Å²) in [6.45, 7) is 1.36. The van der Waals surface area contributed by atoms with Gasteiger partial charge in [0.25, 0.3) is 5.91 Å². The number of hydrogen-bond donors (Lipinski definition) is 1. The molecule has 22 heavy (non-hydrogen) atoms. The van der Waals surface area contributed by atoms with Crippen molar-refractivity contribution in [1.29, 1.82) is 0 Å². The number of carbonyl (C=O) groups is 1. The van der Waals surface area contributed by atoms with Gasteiger partial charge in [0.15, 0.2) is 18.2 Å². The number of nitrogens with one attached hydrogen (secondary N) is 1. The molecule has 7 heteroatoms. The molecule has 0 radical (unpaired) electrons. The summed E-state index contributed by atoms with van der Waals surface area (Å²) in [5.74, 6) is -0.429. The molecule has 0 spiro atoms. The number of fused-ring (bicyclic) bond motifs is 2. The molecule has 1 aromatic rings. The number of halogens is 3. The summed E-state index contributed by atoms with van der Waals surface area (Å²) in [7, 11) is 0. The quantitative estimate of drug-likeness (QED) is 0.858. The Kier molecular flexibility index (Phi) is 6.06. The second-order valence-corrected chi connectivity index (χ2v) is 6.55. The van der Waals surface area contributed by atoms with Crippen molar-refractivity contribution in [1.82, 2.24) is 10.2 Å². The van der Waals surface area contributed by atoms with Gasteiger partial charge < -0.3 is 15.0 Å². The zero-order valence-electron chi connectivity index (χ0n) is 12.1. The average molecular weight is 394 g/mol. The van der Waals surface area contributed by atoms with Crippen LogP contribution in [0.2, 0.25) is 0 Å². The van der Waals surface area contributed by atoms with Crippen molar-refractivity contribution in [2.24, 2.45) is 0 Å². The maximum atomic E-state index is 13.6. The van der Waals surface area contributed by atoms with Crippen molar-refractivity contribution in [3.8, 4) is 5.75 Å². The topological polar surface area (TPSA) is 41.6 Å². The average Bonchev–Trinajstić information content (AvgIpc) is 2.77. The number of nitrogens with zero attached hydrogens (tertiary/aromatic N) is 1. The molecular formula is C15H19BrClFN2O2. The third-order valence-corrected chi connectivity index (χ3v) is 4.61. The van der Waals surface area contributed by atoms with Crippen LogP contribution in [0.25, 0.3) is 0 Å². The van der Waals surface area contributed by atoms with E-state index in [1.807, 2.05) is 4.90 Å². The standard InChI is InChI=1S/C15H18BrFN2O2.ClH/c16-10-1-4-14(13(17)7-10)21-9-15(20)19-6-5-11-2-3-12(8-19)18-11;/h1,4,7,11-12,18H,2-3,5-6,8-9H2;1H. The number of rotatable bonds is 3. The number of ether oxygens (including phenoxy) is 1. The highest BCUT2D eigenvalue weighted by Crippen LogP contribution is 2.22. The van der Waals surface area contributed by atoms with Gasteiger partial charge in [0.1, 0.15) is 0 Å². The highest BCUT2D eigenvalue weighted by Gasteiger charge is 2.31. The zero-order valence-corrected chi connectivity index (χ0v) is 14.5. The summed E-state index contributed by atoms with van der Waals surface area (Å²) < 4.78 is 19.6. The molecule has 1 aromatic carbocycles. The van der Waals surface area contributed by atoms with Crippen molar-refractivity contribution in [3.05, 3.63) is 28.5 Å². The number of benzene rings is 1. The minimum atomic E-state index is -0.464. The fraction of sp³-hybridized carbons (Fsp3) is 0.533. The minimum absolute atomic E-state index is 0. The van der Waals surface area contributed by atoms with E-state index in [1.54, 1.807) is 6.07 Å². The molecule has 2 saturated heterocycles. The van der Waals surface area contributed by atoms with Crippen LogP contribution < -0.4 is 10.1 Å². The van der Waals surface area contributed by atoms with Crippen LogP contribution in [0.15, 0.2) is 22.7 Å². The summed E-state index contributed by atoms with van der Waals surface area (Å²) in [6, 6.07) is 5.48. The first-order valence-electron chi connectivity index (χ1n) is 7.23. The second kappa shape index (κ2) is 7.62. The third kappa shape index (κ3) is 4.12. The van der Waals surface area contributed by atoms with Crippen LogP contribution in [0.1, 0.15) is 19.3 Å². The molecule has 1 N–H and O–H groups in total. The first-order chi connectivity index (χ1) is 10.1. The van der Waals surface area contributed by atoms with Crippen LogP contribution in [0.4, 0.5) is 4.39 Å². The third-order valence-electron chi connectivity index (χ3n) is 4.12. The molecule has 2 atom stereocenters. The Labute approximate surface area is 143 Å². The fourth-order valence-electron chi connectivity index (χ4n) is 2.99. The van der Waals surface area contributed by atoms with Crippen molar-refractivity contribution < 1.29 is 13.9 Å². The minimum Gasteiger partial charge on any atom is -0.481 e. The molecule has 4 nitrogen and oxygen atoms in total. The Hall–Kier alpha value is -0.850. The molecule has 1 amide bonds. The normalized spacial score (nSPS) is 23.6. The van der Waals surface area contributed by atoms with Crippen molar-refractivity contribution in [2.75, 3.05) is 19.7 Å². The molecule has 2 aliphatic rings. The molecule has 3 rings (SSSR count). The van der Waals surface area contributed by atoms with E-state index in [0.717, 1.165) is 25.9 Å². The van der Waals surface area contributed by atoms with Crippen LogP contribution in [0.3, 0.4) is 0 Å². The van der Waals surface area contributed by atoms with Crippen LogP contribution in [-0.2, 0) is 4.79 Å². The number of hydrogen-bond acceptors (Lipinski definition) is 3. The van der Waals surface area contributed by atoms with Crippen LogP contribution in [-0.4, -0.2) is 42.6 Å². The molecule has 2 aliphatic heterocycles. The second-order valence-electron chi connectivity index (χ2n) is 5.63. The van der Waals surface area contributed by atoms with Gasteiger partial charge in [-0.25, -0.2) is 4.39 Å². The molecule has 0 saturated carbocycles. The van der Waals surface area contributed by atoms with Crippen molar-refractivity contribution in [3.63, 3.8) is 0 Å². The van der Waals surface area contributed by atoms with Gasteiger partial charge in [-0.3, -0.25) is 4.79 Å². The van der Waals surface area contributed by atoms with Gasteiger partial charge in [-0.1, -0.05) is 15.9 Å². The molecule has 122 valence electrons. The Morgan fingerprint density at radius 3 is 2.91 bits per heavy atom.